The standard InChI is InChI=1S/C12H9N3O2S.C12H11N3S.C2H6O/c1-8-6-14-7-11(13-12(14)18-8)9-2-4-10(5-3-9)15(16)17;1-8-6-15-7-11(14-12(15)16-8)9-2-4-10(13)5-3-9;1-2-3/h2-7H,1H3;2-7H,13H2,1H3;3H,2H2,1H3. The molecule has 11 heteroatoms. The third-order valence-corrected chi connectivity index (χ3v) is 6.95. The van der Waals surface area contributed by atoms with E-state index in [0.717, 1.165) is 38.1 Å². The Morgan fingerprint density at radius 2 is 1.24 bits per heavy atom. The molecule has 0 spiro atoms. The summed E-state index contributed by atoms with van der Waals surface area (Å²) in [5.41, 5.74) is 10.3. The lowest BCUT2D eigenvalue weighted by molar-refractivity contribution is -0.384. The molecule has 0 radical (unpaired) electrons. The minimum absolute atomic E-state index is 0.0932. The number of thiazole rings is 2. The van der Waals surface area contributed by atoms with Crippen LogP contribution in [-0.2, 0) is 0 Å². The number of aryl methyl sites for hydroxylation is 2. The van der Waals surface area contributed by atoms with Crippen molar-refractivity contribution in [1.82, 2.24) is 18.8 Å². The van der Waals surface area contributed by atoms with E-state index >= 15 is 0 Å². The SMILES string of the molecule is CCO.Cc1cn2cc(-c3ccc(N)cc3)nc2s1.Cc1cn2cc(-c3ccc([N+](=O)[O-])cc3)nc2s1. The van der Waals surface area contributed by atoms with Crippen LogP contribution in [0.3, 0.4) is 0 Å². The van der Waals surface area contributed by atoms with Crippen LogP contribution in [0, 0.1) is 24.0 Å². The molecule has 0 aliphatic rings. The minimum Gasteiger partial charge on any atom is -0.399 e. The van der Waals surface area contributed by atoms with E-state index in [-0.39, 0.29) is 12.3 Å². The van der Waals surface area contributed by atoms with Crippen LogP contribution in [0.5, 0.6) is 0 Å². The molecule has 0 atom stereocenters. The number of nitro benzene ring substituents is 1. The summed E-state index contributed by atoms with van der Waals surface area (Å²) in [5, 5.41) is 18.1. The fraction of sp³-hybridized carbons (Fsp3) is 0.154. The van der Waals surface area contributed by atoms with Gasteiger partial charge in [-0.05, 0) is 45.0 Å². The number of rotatable bonds is 3. The third-order valence-electron chi connectivity index (χ3n) is 5.12. The molecule has 9 nitrogen and oxygen atoms in total. The van der Waals surface area contributed by atoms with Crippen molar-refractivity contribution in [2.45, 2.75) is 20.8 Å². The summed E-state index contributed by atoms with van der Waals surface area (Å²) < 4.78 is 4.03. The van der Waals surface area contributed by atoms with Crippen molar-refractivity contribution in [2.75, 3.05) is 12.3 Å². The number of hydrogen-bond acceptors (Lipinski definition) is 8. The van der Waals surface area contributed by atoms with E-state index in [1.54, 1.807) is 41.7 Å². The number of anilines is 1. The molecule has 190 valence electrons. The topological polar surface area (TPSA) is 124 Å². The van der Waals surface area contributed by atoms with Crippen LogP contribution < -0.4 is 5.73 Å². The quantitative estimate of drug-likeness (QED) is 0.158. The number of benzene rings is 2. The molecule has 4 aromatic heterocycles. The Morgan fingerprint density at radius 1 is 0.838 bits per heavy atom. The summed E-state index contributed by atoms with van der Waals surface area (Å²) in [6, 6.07) is 14.2. The van der Waals surface area contributed by atoms with Crippen molar-refractivity contribution in [1.29, 1.82) is 0 Å². The second-order valence-corrected chi connectivity index (χ2v) is 10.5. The normalized spacial score (nSPS) is 10.6. The van der Waals surface area contributed by atoms with Crippen LogP contribution in [0.4, 0.5) is 11.4 Å². The van der Waals surface area contributed by atoms with Gasteiger partial charge in [0.15, 0.2) is 9.92 Å². The van der Waals surface area contributed by atoms with E-state index in [1.165, 1.54) is 21.9 Å². The predicted octanol–water partition coefficient (Wildman–Crippen LogP) is 6.23. The van der Waals surface area contributed by atoms with Gasteiger partial charge >= 0.3 is 0 Å². The Hall–Kier alpha value is -4.06. The number of nitrogens with zero attached hydrogens (tertiary/aromatic N) is 5. The molecule has 3 N–H and O–H groups in total. The number of imidazole rings is 2. The van der Waals surface area contributed by atoms with Crippen LogP contribution in [0.15, 0.2) is 73.3 Å². The van der Waals surface area contributed by atoms with Crippen LogP contribution in [0.1, 0.15) is 16.7 Å². The summed E-state index contributed by atoms with van der Waals surface area (Å²) in [6.07, 6.45) is 8.08. The first-order valence-corrected chi connectivity index (χ1v) is 13.0. The zero-order chi connectivity index (χ0) is 26.5. The van der Waals surface area contributed by atoms with Gasteiger partial charge in [0.05, 0.1) is 16.3 Å². The van der Waals surface area contributed by atoms with E-state index in [0.29, 0.717) is 0 Å². The van der Waals surface area contributed by atoms with E-state index in [1.807, 2.05) is 54.2 Å². The summed E-state index contributed by atoms with van der Waals surface area (Å²) >= 11 is 3.32. The van der Waals surface area contributed by atoms with E-state index < -0.39 is 4.92 Å². The number of nitrogen functional groups attached to an aromatic ring is 1. The van der Waals surface area contributed by atoms with Crippen molar-refractivity contribution in [3.8, 4) is 22.5 Å². The van der Waals surface area contributed by atoms with Gasteiger partial charge in [-0.25, -0.2) is 9.97 Å². The molecular formula is C26H26N6O3S2. The summed E-state index contributed by atoms with van der Waals surface area (Å²) in [4.78, 5) is 23.7. The second-order valence-electron chi connectivity index (χ2n) is 8.06. The average molecular weight is 535 g/mol. The predicted molar refractivity (Wildman–Crippen MR) is 150 cm³/mol. The molecule has 6 aromatic rings. The molecule has 0 aliphatic carbocycles. The maximum Gasteiger partial charge on any atom is 0.269 e. The highest BCUT2D eigenvalue weighted by atomic mass is 32.1. The van der Waals surface area contributed by atoms with Crippen molar-refractivity contribution in [2.24, 2.45) is 0 Å². The number of hydrogen-bond donors (Lipinski definition) is 2. The van der Waals surface area contributed by atoms with Crippen LogP contribution in [-0.4, -0.2) is 35.4 Å². The monoisotopic (exact) mass is 534 g/mol. The Morgan fingerprint density at radius 3 is 1.62 bits per heavy atom. The summed E-state index contributed by atoms with van der Waals surface area (Å²) in [5.74, 6) is 0. The Kier molecular flexibility index (Phi) is 7.97. The Bertz CT molecular complexity index is 1570. The van der Waals surface area contributed by atoms with Crippen LogP contribution in [0.25, 0.3) is 32.4 Å². The molecule has 0 fully saturated rings. The van der Waals surface area contributed by atoms with Gasteiger partial charge in [0.2, 0.25) is 0 Å². The van der Waals surface area contributed by atoms with Crippen molar-refractivity contribution < 1.29 is 10.0 Å². The lowest BCUT2D eigenvalue weighted by atomic mass is 10.1. The van der Waals surface area contributed by atoms with Gasteiger partial charge in [-0.15, -0.1) is 22.7 Å². The van der Waals surface area contributed by atoms with E-state index in [4.69, 9.17) is 10.8 Å². The highest BCUT2D eigenvalue weighted by Crippen LogP contribution is 2.26. The molecule has 0 saturated carbocycles. The average Bonchev–Trinajstić information content (AvgIpc) is 3.60. The molecule has 0 bridgehead atoms. The zero-order valence-corrected chi connectivity index (χ0v) is 22.2. The second kappa shape index (κ2) is 11.3. The van der Waals surface area contributed by atoms with Crippen molar-refractivity contribution >= 4 is 44.0 Å². The first-order chi connectivity index (χ1) is 17.8. The summed E-state index contributed by atoms with van der Waals surface area (Å²) in [6.45, 7) is 6.05. The van der Waals surface area contributed by atoms with Gasteiger partial charge in [-0.2, -0.15) is 0 Å². The van der Waals surface area contributed by atoms with Crippen LogP contribution >= 0.6 is 22.7 Å². The molecular weight excluding hydrogens is 508 g/mol. The largest absolute Gasteiger partial charge is 0.399 e. The molecule has 0 unspecified atom stereocenters. The van der Waals surface area contributed by atoms with Gasteiger partial charge in [0.25, 0.3) is 5.69 Å². The third kappa shape index (κ3) is 6.20. The maximum absolute atomic E-state index is 10.6. The highest BCUT2D eigenvalue weighted by Gasteiger charge is 2.09. The smallest absolute Gasteiger partial charge is 0.269 e. The number of nitrogens with two attached hydrogens (primary N) is 1. The Balaban J connectivity index is 0.000000157. The number of non-ortho nitro benzene ring substituents is 1. The van der Waals surface area contributed by atoms with Gasteiger partial charge in [-0.1, -0.05) is 12.1 Å². The fourth-order valence-corrected chi connectivity index (χ4v) is 5.13. The summed E-state index contributed by atoms with van der Waals surface area (Å²) in [7, 11) is 0. The van der Waals surface area contributed by atoms with Gasteiger partial charge in [0.1, 0.15) is 0 Å². The first kappa shape index (κ1) is 26.0. The molecule has 0 saturated heterocycles. The zero-order valence-electron chi connectivity index (χ0n) is 20.5. The Labute approximate surface area is 221 Å². The lowest BCUT2D eigenvalue weighted by Gasteiger charge is -1.96. The van der Waals surface area contributed by atoms with Crippen LogP contribution in [0.2, 0.25) is 0 Å². The number of fused-ring (bicyclic) bond motifs is 2. The first-order valence-electron chi connectivity index (χ1n) is 11.4. The van der Waals surface area contributed by atoms with Crippen molar-refractivity contribution in [3.63, 3.8) is 0 Å². The molecule has 0 aliphatic heterocycles. The highest BCUT2D eigenvalue weighted by molar-refractivity contribution is 7.17. The van der Waals surface area contributed by atoms with E-state index in [9.17, 15) is 10.1 Å². The molecule has 2 aromatic carbocycles. The van der Waals surface area contributed by atoms with Gasteiger partial charge in [-0.3, -0.25) is 18.9 Å². The maximum atomic E-state index is 10.6. The molecule has 37 heavy (non-hydrogen) atoms. The van der Waals surface area contributed by atoms with Gasteiger partial charge in [0, 0.05) is 70.1 Å². The lowest BCUT2D eigenvalue weighted by Crippen LogP contribution is -1.87. The molecule has 0 amide bonds. The molecule has 6 rings (SSSR count). The number of aliphatic hydroxyl groups excluding tert-OH is 1. The fourth-order valence-electron chi connectivity index (χ4n) is 3.51. The number of aromatic nitrogens is 4. The van der Waals surface area contributed by atoms with E-state index in [2.05, 4.69) is 27.5 Å². The molecule has 4 heterocycles. The van der Waals surface area contributed by atoms with Gasteiger partial charge < -0.3 is 10.8 Å². The minimum atomic E-state index is -0.404. The number of aliphatic hydroxyl groups is 1. The number of nitro groups is 1. The van der Waals surface area contributed by atoms with Crippen molar-refractivity contribution in [3.05, 3.63) is 93.2 Å².